The van der Waals surface area contributed by atoms with Gasteiger partial charge >= 0.3 is 0 Å². The molecule has 1 aromatic carbocycles. The number of methoxy groups -OCH3 is 2. The van der Waals surface area contributed by atoms with Crippen molar-refractivity contribution in [3.63, 3.8) is 0 Å². The van der Waals surface area contributed by atoms with Gasteiger partial charge in [0.05, 0.1) is 19.9 Å². The second-order valence-electron chi connectivity index (χ2n) is 3.91. The fraction of sp³-hybridized carbons (Fsp3) is 0.286. The number of aryl methyl sites for hydroxylation is 1. The second kappa shape index (κ2) is 6.02. The first kappa shape index (κ1) is 13.8. The molecule has 1 heterocycles. The number of hydrogen-bond acceptors (Lipinski definition) is 4. The zero-order chi connectivity index (χ0) is 13.8. The minimum Gasteiger partial charge on any atom is -0.497 e. The molecule has 0 bridgehead atoms. The number of halogens is 1. The average molecular weight is 323 g/mol. The monoisotopic (exact) mass is 322 g/mol. The van der Waals surface area contributed by atoms with Gasteiger partial charge in [-0.3, -0.25) is 0 Å². The summed E-state index contributed by atoms with van der Waals surface area (Å²) in [4.78, 5) is 8.83. The van der Waals surface area contributed by atoms with Crippen molar-refractivity contribution in [2.24, 2.45) is 0 Å². The van der Waals surface area contributed by atoms with E-state index in [0.717, 1.165) is 39.6 Å². The minimum atomic E-state index is 0.729. The molecular formula is C14H15BrN2O2. The lowest BCUT2D eigenvalue weighted by atomic mass is 10.1. The van der Waals surface area contributed by atoms with Crippen molar-refractivity contribution in [1.29, 1.82) is 0 Å². The molecule has 0 saturated carbocycles. The molecule has 0 radical (unpaired) electrons. The molecule has 0 unspecified atom stereocenters. The summed E-state index contributed by atoms with van der Waals surface area (Å²) >= 11 is 3.41. The molecule has 0 fully saturated rings. The maximum Gasteiger partial charge on any atom is 0.131 e. The molecule has 0 atom stereocenters. The van der Waals surface area contributed by atoms with Crippen LogP contribution in [0.25, 0.3) is 11.3 Å². The lowest BCUT2D eigenvalue weighted by molar-refractivity contribution is 0.395. The van der Waals surface area contributed by atoms with Gasteiger partial charge in [0.25, 0.3) is 0 Å². The molecular weight excluding hydrogens is 308 g/mol. The molecule has 19 heavy (non-hydrogen) atoms. The predicted molar refractivity (Wildman–Crippen MR) is 77.7 cm³/mol. The van der Waals surface area contributed by atoms with Crippen molar-refractivity contribution in [2.75, 3.05) is 14.2 Å². The Kier molecular flexibility index (Phi) is 4.37. The fourth-order valence-corrected chi connectivity index (χ4v) is 2.19. The van der Waals surface area contributed by atoms with E-state index in [2.05, 4.69) is 25.9 Å². The predicted octanol–water partition coefficient (Wildman–Crippen LogP) is 3.49. The number of hydrogen-bond donors (Lipinski definition) is 0. The van der Waals surface area contributed by atoms with Crippen LogP contribution in [0.2, 0.25) is 0 Å². The summed E-state index contributed by atoms with van der Waals surface area (Å²) in [6, 6.07) is 7.55. The van der Waals surface area contributed by atoms with E-state index in [4.69, 9.17) is 9.47 Å². The van der Waals surface area contributed by atoms with E-state index in [1.165, 1.54) is 0 Å². The Labute approximate surface area is 120 Å². The van der Waals surface area contributed by atoms with Crippen LogP contribution in [0.3, 0.4) is 0 Å². The van der Waals surface area contributed by atoms with Crippen LogP contribution >= 0.6 is 15.9 Å². The van der Waals surface area contributed by atoms with E-state index >= 15 is 0 Å². The van der Waals surface area contributed by atoms with Crippen molar-refractivity contribution < 1.29 is 9.47 Å². The van der Waals surface area contributed by atoms with Crippen LogP contribution in [0.1, 0.15) is 12.7 Å². The fourth-order valence-electron chi connectivity index (χ4n) is 1.77. The van der Waals surface area contributed by atoms with Gasteiger partial charge in [-0.25, -0.2) is 9.97 Å². The quantitative estimate of drug-likeness (QED) is 0.808. The maximum atomic E-state index is 5.40. The highest BCUT2D eigenvalue weighted by molar-refractivity contribution is 9.10. The standard InChI is InChI=1S/C14H15BrN2O2/c1-4-14-16-11(8-13(15)17-14)10-6-5-9(18-2)7-12(10)19-3/h5-8H,4H2,1-3H3. The number of rotatable bonds is 4. The van der Waals surface area contributed by atoms with Gasteiger partial charge in [-0.05, 0) is 34.1 Å². The highest BCUT2D eigenvalue weighted by Crippen LogP contribution is 2.33. The van der Waals surface area contributed by atoms with Gasteiger partial charge in [0.1, 0.15) is 21.9 Å². The van der Waals surface area contributed by atoms with Gasteiger partial charge in [-0.1, -0.05) is 6.92 Å². The van der Waals surface area contributed by atoms with Crippen molar-refractivity contribution in [1.82, 2.24) is 9.97 Å². The van der Waals surface area contributed by atoms with Crippen LogP contribution in [0, 0.1) is 0 Å². The van der Waals surface area contributed by atoms with E-state index in [0.29, 0.717) is 0 Å². The first-order chi connectivity index (χ1) is 9.17. The molecule has 2 aromatic rings. The van der Waals surface area contributed by atoms with E-state index in [1.54, 1.807) is 14.2 Å². The molecule has 0 aliphatic heterocycles. The summed E-state index contributed by atoms with van der Waals surface area (Å²) in [6.07, 6.45) is 0.783. The summed E-state index contributed by atoms with van der Waals surface area (Å²) in [6.45, 7) is 2.02. The van der Waals surface area contributed by atoms with Crippen molar-refractivity contribution in [3.8, 4) is 22.8 Å². The summed E-state index contributed by atoms with van der Waals surface area (Å²) in [5.41, 5.74) is 1.75. The number of nitrogens with zero attached hydrogens (tertiary/aromatic N) is 2. The van der Waals surface area contributed by atoms with E-state index < -0.39 is 0 Å². The summed E-state index contributed by atoms with van der Waals surface area (Å²) in [7, 11) is 3.26. The Bertz CT molecular complexity index is 588. The van der Waals surface area contributed by atoms with Gasteiger partial charge in [0.15, 0.2) is 0 Å². The lowest BCUT2D eigenvalue weighted by Crippen LogP contribution is -1.97. The Morgan fingerprint density at radius 1 is 1.11 bits per heavy atom. The third-order valence-electron chi connectivity index (χ3n) is 2.74. The molecule has 2 rings (SSSR count). The van der Waals surface area contributed by atoms with Crippen molar-refractivity contribution >= 4 is 15.9 Å². The van der Waals surface area contributed by atoms with Crippen LogP contribution in [0.15, 0.2) is 28.9 Å². The largest absolute Gasteiger partial charge is 0.497 e. The van der Waals surface area contributed by atoms with Crippen LogP contribution in [-0.4, -0.2) is 24.2 Å². The Hall–Kier alpha value is -1.62. The molecule has 100 valence electrons. The third-order valence-corrected chi connectivity index (χ3v) is 3.15. The molecule has 0 aliphatic carbocycles. The highest BCUT2D eigenvalue weighted by atomic mass is 79.9. The van der Waals surface area contributed by atoms with Crippen LogP contribution < -0.4 is 9.47 Å². The molecule has 0 saturated heterocycles. The van der Waals surface area contributed by atoms with Crippen LogP contribution in [0.4, 0.5) is 0 Å². The smallest absolute Gasteiger partial charge is 0.131 e. The summed E-state index contributed by atoms with van der Waals surface area (Å²) in [5.74, 6) is 2.28. The van der Waals surface area contributed by atoms with Crippen LogP contribution in [0.5, 0.6) is 11.5 Å². The number of aromatic nitrogens is 2. The molecule has 5 heteroatoms. The topological polar surface area (TPSA) is 44.2 Å². The molecule has 0 aliphatic rings. The SMILES string of the molecule is CCc1nc(Br)cc(-c2ccc(OC)cc2OC)n1. The maximum absolute atomic E-state index is 5.40. The van der Waals surface area contributed by atoms with E-state index in [1.807, 2.05) is 31.2 Å². The Morgan fingerprint density at radius 3 is 2.53 bits per heavy atom. The third kappa shape index (κ3) is 3.04. The number of benzene rings is 1. The zero-order valence-corrected chi connectivity index (χ0v) is 12.7. The molecule has 0 amide bonds. The first-order valence-corrected chi connectivity index (χ1v) is 6.73. The van der Waals surface area contributed by atoms with Gasteiger partial charge in [0, 0.05) is 18.1 Å². The second-order valence-corrected chi connectivity index (χ2v) is 4.72. The number of ether oxygens (including phenoxy) is 2. The van der Waals surface area contributed by atoms with Gasteiger partial charge in [-0.2, -0.15) is 0 Å². The summed E-state index contributed by atoms with van der Waals surface area (Å²) < 4.78 is 11.4. The minimum absolute atomic E-state index is 0.729. The molecule has 0 spiro atoms. The zero-order valence-electron chi connectivity index (χ0n) is 11.1. The molecule has 4 nitrogen and oxygen atoms in total. The van der Waals surface area contributed by atoms with Gasteiger partial charge in [-0.15, -0.1) is 0 Å². The van der Waals surface area contributed by atoms with Crippen molar-refractivity contribution in [3.05, 3.63) is 34.7 Å². The summed E-state index contributed by atoms with van der Waals surface area (Å²) in [5, 5.41) is 0. The molecule has 1 aromatic heterocycles. The lowest BCUT2D eigenvalue weighted by Gasteiger charge is -2.11. The van der Waals surface area contributed by atoms with Crippen molar-refractivity contribution in [2.45, 2.75) is 13.3 Å². The van der Waals surface area contributed by atoms with E-state index in [9.17, 15) is 0 Å². The first-order valence-electron chi connectivity index (χ1n) is 5.93. The molecule has 0 N–H and O–H groups in total. The van der Waals surface area contributed by atoms with Crippen LogP contribution in [-0.2, 0) is 6.42 Å². The Morgan fingerprint density at radius 2 is 1.89 bits per heavy atom. The van der Waals surface area contributed by atoms with E-state index in [-0.39, 0.29) is 0 Å². The normalized spacial score (nSPS) is 10.3. The average Bonchev–Trinajstić information content (AvgIpc) is 2.45. The van der Waals surface area contributed by atoms with Gasteiger partial charge in [0.2, 0.25) is 0 Å². The van der Waals surface area contributed by atoms with Gasteiger partial charge < -0.3 is 9.47 Å². The highest BCUT2D eigenvalue weighted by Gasteiger charge is 2.11. The Balaban J connectivity index is 2.54.